The lowest BCUT2D eigenvalue weighted by Crippen LogP contribution is -2.36. The second-order valence-electron chi connectivity index (χ2n) is 6.35. The molecule has 0 aliphatic carbocycles. The van der Waals surface area contributed by atoms with Crippen LogP contribution in [-0.2, 0) is 16.4 Å². The van der Waals surface area contributed by atoms with Gasteiger partial charge in [0.05, 0.1) is 0 Å². The van der Waals surface area contributed by atoms with Gasteiger partial charge in [-0.25, -0.2) is 8.42 Å². The molecule has 0 saturated carbocycles. The van der Waals surface area contributed by atoms with Crippen LogP contribution in [0.25, 0.3) is 0 Å². The minimum Gasteiger partial charge on any atom is -0.330 e. The second kappa shape index (κ2) is 6.20. The van der Waals surface area contributed by atoms with Crippen LogP contribution < -0.4 is 5.73 Å². The van der Waals surface area contributed by atoms with Gasteiger partial charge in [-0.3, -0.25) is 0 Å². The number of rotatable bonds is 4. The number of hydrogen-bond acceptors (Lipinski definition) is 4. The molecule has 2 rings (SSSR count). The molecule has 0 bridgehead atoms. The summed E-state index contributed by atoms with van der Waals surface area (Å²) < 4.78 is 27.3. The molecular formula is C15H24N2O2S2. The van der Waals surface area contributed by atoms with Gasteiger partial charge in [-0.15, -0.1) is 11.3 Å². The number of nitrogens with zero attached hydrogens (tertiary/aromatic N) is 1. The average Bonchev–Trinajstić information content (AvgIpc) is 2.88. The van der Waals surface area contributed by atoms with E-state index in [2.05, 4.69) is 26.8 Å². The highest BCUT2D eigenvalue weighted by Gasteiger charge is 2.29. The molecule has 2 N–H and O–H groups in total. The Morgan fingerprint density at radius 1 is 1.33 bits per heavy atom. The summed E-state index contributed by atoms with van der Waals surface area (Å²) in [4.78, 5) is 1.03. The van der Waals surface area contributed by atoms with Crippen LogP contribution in [0.2, 0.25) is 0 Å². The smallest absolute Gasteiger partial charge is 0.252 e. The summed E-state index contributed by atoms with van der Waals surface area (Å²) in [6.07, 6.45) is 3.60. The van der Waals surface area contributed by atoms with Crippen LogP contribution in [0.4, 0.5) is 0 Å². The molecule has 21 heavy (non-hydrogen) atoms. The van der Waals surface area contributed by atoms with Gasteiger partial charge in [0.1, 0.15) is 4.21 Å². The van der Waals surface area contributed by atoms with E-state index in [1.165, 1.54) is 16.9 Å². The van der Waals surface area contributed by atoms with E-state index < -0.39 is 10.0 Å². The fourth-order valence-electron chi connectivity index (χ4n) is 2.45. The maximum absolute atomic E-state index is 12.6. The maximum Gasteiger partial charge on any atom is 0.252 e. The normalized spacial score (nSPS) is 17.8. The van der Waals surface area contributed by atoms with Gasteiger partial charge < -0.3 is 5.73 Å². The van der Waals surface area contributed by atoms with Crippen LogP contribution in [0.1, 0.15) is 32.1 Å². The van der Waals surface area contributed by atoms with Crippen molar-refractivity contribution in [2.45, 2.75) is 37.8 Å². The summed E-state index contributed by atoms with van der Waals surface area (Å²) in [5.74, 6) is 0. The molecule has 0 spiro atoms. The van der Waals surface area contributed by atoms with E-state index in [1.54, 1.807) is 10.4 Å². The predicted molar refractivity (Wildman–Crippen MR) is 88.0 cm³/mol. The van der Waals surface area contributed by atoms with Crippen LogP contribution in [0.15, 0.2) is 28.0 Å². The molecule has 1 aliphatic heterocycles. The van der Waals surface area contributed by atoms with Crippen molar-refractivity contribution in [1.82, 2.24) is 4.31 Å². The third-order valence-electron chi connectivity index (χ3n) is 3.76. The van der Waals surface area contributed by atoms with E-state index in [0.717, 1.165) is 17.7 Å². The molecule has 4 nitrogen and oxygen atoms in total. The molecule has 118 valence electrons. The lowest BCUT2D eigenvalue weighted by molar-refractivity contribution is 0.390. The van der Waals surface area contributed by atoms with Crippen LogP contribution >= 0.6 is 11.3 Å². The first kappa shape index (κ1) is 16.7. The molecule has 0 unspecified atom stereocenters. The van der Waals surface area contributed by atoms with Crippen molar-refractivity contribution in [1.29, 1.82) is 0 Å². The van der Waals surface area contributed by atoms with E-state index in [0.29, 0.717) is 23.8 Å². The fraction of sp³-hybridized carbons (Fsp3) is 0.600. The summed E-state index contributed by atoms with van der Waals surface area (Å²) in [5.41, 5.74) is 6.97. The highest BCUT2D eigenvalue weighted by Crippen LogP contribution is 2.32. The summed E-state index contributed by atoms with van der Waals surface area (Å²) >= 11 is 1.33. The van der Waals surface area contributed by atoms with Gasteiger partial charge in [-0.05, 0) is 36.9 Å². The van der Waals surface area contributed by atoms with Crippen molar-refractivity contribution < 1.29 is 8.42 Å². The first-order valence-corrected chi connectivity index (χ1v) is 9.49. The molecule has 2 heterocycles. The average molecular weight is 329 g/mol. The lowest BCUT2D eigenvalue weighted by Gasteiger charge is -2.31. The van der Waals surface area contributed by atoms with Gasteiger partial charge in [-0.1, -0.05) is 32.4 Å². The van der Waals surface area contributed by atoms with Crippen LogP contribution in [0.3, 0.4) is 0 Å². The van der Waals surface area contributed by atoms with Gasteiger partial charge in [0, 0.05) is 18.0 Å². The Morgan fingerprint density at radius 2 is 2.05 bits per heavy atom. The first-order chi connectivity index (χ1) is 9.75. The molecule has 1 aromatic heterocycles. The monoisotopic (exact) mass is 328 g/mol. The highest BCUT2D eigenvalue weighted by atomic mass is 32.2. The summed E-state index contributed by atoms with van der Waals surface area (Å²) in [6, 6.07) is 3.57. The standard InChI is InChI=1S/C15H24N2O2S2/c1-15(2,3)12-7-10-17(11-8-12)21(18,19)14-5-4-13(20-14)6-9-16/h4-5,7H,6,8-11,16H2,1-3H3. The third-order valence-corrected chi connectivity index (χ3v) is 7.23. The Hall–Kier alpha value is -0.690. The molecule has 0 saturated heterocycles. The van der Waals surface area contributed by atoms with Crippen molar-refractivity contribution in [3.05, 3.63) is 28.7 Å². The van der Waals surface area contributed by atoms with E-state index >= 15 is 0 Å². The van der Waals surface area contributed by atoms with Gasteiger partial charge in [-0.2, -0.15) is 4.31 Å². The van der Waals surface area contributed by atoms with Crippen molar-refractivity contribution in [2.24, 2.45) is 11.1 Å². The van der Waals surface area contributed by atoms with Gasteiger partial charge in [0.15, 0.2) is 0 Å². The minimum absolute atomic E-state index is 0.118. The summed E-state index contributed by atoms with van der Waals surface area (Å²) in [7, 11) is -3.36. The first-order valence-electron chi connectivity index (χ1n) is 7.23. The highest BCUT2D eigenvalue weighted by molar-refractivity contribution is 7.91. The van der Waals surface area contributed by atoms with E-state index in [4.69, 9.17) is 5.73 Å². The van der Waals surface area contributed by atoms with E-state index in [9.17, 15) is 8.42 Å². The molecule has 0 radical (unpaired) electrons. The summed E-state index contributed by atoms with van der Waals surface area (Å²) in [6.45, 7) is 8.08. The molecular weight excluding hydrogens is 304 g/mol. The Bertz CT molecular complexity index is 624. The second-order valence-corrected chi connectivity index (χ2v) is 9.68. The Kier molecular flexibility index (Phi) is 4.92. The van der Waals surface area contributed by atoms with Crippen LogP contribution in [-0.4, -0.2) is 32.4 Å². The number of hydrogen-bond donors (Lipinski definition) is 1. The molecule has 0 amide bonds. The fourth-order valence-corrected chi connectivity index (χ4v) is 5.36. The number of thiophene rings is 1. The molecule has 1 aliphatic rings. The number of nitrogens with two attached hydrogens (primary N) is 1. The SMILES string of the molecule is CC(C)(C)C1=CCN(S(=O)(=O)c2ccc(CCN)s2)CC1. The Balaban J connectivity index is 2.16. The largest absolute Gasteiger partial charge is 0.330 e. The van der Waals surface area contributed by atoms with E-state index in [1.807, 2.05) is 6.07 Å². The van der Waals surface area contributed by atoms with Gasteiger partial charge in [0.25, 0.3) is 10.0 Å². The van der Waals surface area contributed by atoms with Crippen molar-refractivity contribution >= 4 is 21.4 Å². The molecule has 6 heteroatoms. The van der Waals surface area contributed by atoms with Gasteiger partial charge in [0.2, 0.25) is 0 Å². The quantitative estimate of drug-likeness (QED) is 0.864. The third kappa shape index (κ3) is 3.74. The Labute approximate surface area is 131 Å². The molecule has 0 atom stereocenters. The molecule has 0 aromatic carbocycles. The summed E-state index contributed by atoms with van der Waals surface area (Å²) in [5, 5.41) is 0. The van der Waals surface area contributed by atoms with Crippen LogP contribution in [0.5, 0.6) is 0 Å². The van der Waals surface area contributed by atoms with E-state index in [-0.39, 0.29) is 5.41 Å². The van der Waals surface area contributed by atoms with Crippen LogP contribution in [0, 0.1) is 5.41 Å². The topological polar surface area (TPSA) is 63.4 Å². The number of sulfonamides is 1. The van der Waals surface area contributed by atoms with Crippen molar-refractivity contribution in [3.63, 3.8) is 0 Å². The van der Waals surface area contributed by atoms with Crippen molar-refractivity contribution in [2.75, 3.05) is 19.6 Å². The lowest BCUT2D eigenvalue weighted by atomic mass is 9.83. The zero-order valence-corrected chi connectivity index (χ0v) is 14.6. The predicted octanol–water partition coefficient (Wildman–Crippen LogP) is 2.62. The molecule has 0 fully saturated rings. The Morgan fingerprint density at radius 3 is 2.57 bits per heavy atom. The zero-order chi connectivity index (χ0) is 15.7. The van der Waals surface area contributed by atoms with Crippen molar-refractivity contribution in [3.8, 4) is 0 Å². The zero-order valence-electron chi connectivity index (χ0n) is 12.9. The van der Waals surface area contributed by atoms with Gasteiger partial charge >= 0.3 is 0 Å². The minimum atomic E-state index is -3.36. The maximum atomic E-state index is 12.6. The molecule has 1 aromatic rings.